The molecule has 3 nitrogen and oxygen atoms in total. The number of hydrogen-bond acceptors (Lipinski definition) is 3. The highest BCUT2D eigenvalue weighted by Crippen LogP contribution is 2.18. The second kappa shape index (κ2) is 8.04. The van der Waals surface area contributed by atoms with Crippen molar-refractivity contribution < 1.29 is 0 Å². The molecular formula is C13H29N3. The van der Waals surface area contributed by atoms with E-state index in [0.29, 0.717) is 0 Å². The van der Waals surface area contributed by atoms with E-state index in [0.717, 1.165) is 6.04 Å². The molecule has 0 aromatic carbocycles. The Morgan fingerprint density at radius 2 is 2.06 bits per heavy atom. The minimum atomic E-state index is 0.819. The molecule has 16 heavy (non-hydrogen) atoms. The largest absolute Gasteiger partial charge is 0.320 e. The lowest BCUT2D eigenvalue weighted by Crippen LogP contribution is -2.38. The average Bonchev–Trinajstić information content (AvgIpc) is 2.64. The fraction of sp³-hybridized carbons (Fsp3) is 1.00. The van der Waals surface area contributed by atoms with Crippen molar-refractivity contribution in [3.05, 3.63) is 0 Å². The first kappa shape index (κ1) is 13.9. The first-order valence-corrected chi connectivity index (χ1v) is 6.77. The van der Waals surface area contributed by atoms with Crippen molar-refractivity contribution >= 4 is 0 Å². The molecule has 0 amide bonds. The number of likely N-dealkylation sites (tertiary alicyclic amines) is 1. The van der Waals surface area contributed by atoms with Gasteiger partial charge in [0, 0.05) is 12.6 Å². The molecule has 1 fully saturated rings. The van der Waals surface area contributed by atoms with Crippen LogP contribution in [0.2, 0.25) is 0 Å². The molecule has 1 aliphatic heterocycles. The summed E-state index contributed by atoms with van der Waals surface area (Å²) < 4.78 is 0. The zero-order valence-corrected chi connectivity index (χ0v) is 11.3. The number of rotatable bonds is 8. The van der Waals surface area contributed by atoms with E-state index in [1.54, 1.807) is 0 Å². The highest BCUT2D eigenvalue weighted by atomic mass is 15.2. The third kappa shape index (κ3) is 5.28. The molecule has 0 aromatic heterocycles. The van der Waals surface area contributed by atoms with Crippen molar-refractivity contribution in [1.82, 2.24) is 15.1 Å². The highest BCUT2D eigenvalue weighted by Gasteiger charge is 2.23. The van der Waals surface area contributed by atoms with E-state index < -0.39 is 0 Å². The number of unbranched alkanes of at least 4 members (excludes halogenated alkanes) is 2. The van der Waals surface area contributed by atoms with E-state index in [9.17, 15) is 0 Å². The first-order valence-electron chi connectivity index (χ1n) is 6.77. The zero-order valence-electron chi connectivity index (χ0n) is 11.3. The van der Waals surface area contributed by atoms with Crippen LogP contribution >= 0.6 is 0 Å². The van der Waals surface area contributed by atoms with Crippen molar-refractivity contribution in [2.45, 2.75) is 38.1 Å². The normalized spacial score (nSPS) is 22.1. The molecule has 0 aliphatic carbocycles. The molecule has 3 heteroatoms. The minimum absolute atomic E-state index is 0.819. The average molecular weight is 227 g/mol. The first-order chi connectivity index (χ1) is 7.74. The SMILES string of the molecule is CNCCCCCN1CCCC1CN(C)C. The van der Waals surface area contributed by atoms with Crippen molar-refractivity contribution in [2.24, 2.45) is 0 Å². The minimum Gasteiger partial charge on any atom is -0.320 e. The van der Waals surface area contributed by atoms with Gasteiger partial charge in [0.05, 0.1) is 0 Å². The Morgan fingerprint density at radius 1 is 1.25 bits per heavy atom. The molecule has 1 N–H and O–H groups in total. The lowest BCUT2D eigenvalue weighted by Gasteiger charge is -2.26. The highest BCUT2D eigenvalue weighted by molar-refractivity contribution is 4.80. The Labute approximate surface area is 101 Å². The fourth-order valence-corrected chi connectivity index (χ4v) is 2.61. The molecule has 0 saturated carbocycles. The van der Waals surface area contributed by atoms with Gasteiger partial charge < -0.3 is 10.2 Å². The van der Waals surface area contributed by atoms with Crippen LogP contribution in [0.15, 0.2) is 0 Å². The molecule has 1 aliphatic rings. The second-order valence-electron chi connectivity index (χ2n) is 5.26. The van der Waals surface area contributed by atoms with Crippen LogP contribution in [0.5, 0.6) is 0 Å². The van der Waals surface area contributed by atoms with Crippen LogP contribution in [0.25, 0.3) is 0 Å². The molecule has 1 saturated heterocycles. The smallest absolute Gasteiger partial charge is 0.0223 e. The second-order valence-corrected chi connectivity index (χ2v) is 5.26. The monoisotopic (exact) mass is 227 g/mol. The number of likely N-dealkylation sites (N-methyl/N-ethyl adjacent to an activating group) is 1. The van der Waals surface area contributed by atoms with E-state index in [2.05, 4.69) is 29.2 Å². The van der Waals surface area contributed by atoms with Crippen LogP contribution in [-0.2, 0) is 0 Å². The van der Waals surface area contributed by atoms with Gasteiger partial charge in [-0.2, -0.15) is 0 Å². The Balaban J connectivity index is 2.10. The van der Waals surface area contributed by atoms with Crippen molar-refractivity contribution in [1.29, 1.82) is 0 Å². The number of nitrogens with zero attached hydrogens (tertiary/aromatic N) is 2. The summed E-state index contributed by atoms with van der Waals surface area (Å²) in [4.78, 5) is 5.02. The summed E-state index contributed by atoms with van der Waals surface area (Å²) in [5.41, 5.74) is 0. The molecule has 1 atom stereocenters. The molecule has 0 radical (unpaired) electrons. The van der Waals surface area contributed by atoms with Gasteiger partial charge in [0.1, 0.15) is 0 Å². The van der Waals surface area contributed by atoms with Crippen LogP contribution in [0.4, 0.5) is 0 Å². The molecular weight excluding hydrogens is 198 g/mol. The third-order valence-electron chi connectivity index (χ3n) is 3.45. The summed E-state index contributed by atoms with van der Waals surface area (Å²) in [7, 11) is 6.40. The quantitative estimate of drug-likeness (QED) is 0.632. The fourth-order valence-electron chi connectivity index (χ4n) is 2.61. The van der Waals surface area contributed by atoms with E-state index in [1.807, 2.05) is 7.05 Å². The molecule has 1 heterocycles. The topological polar surface area (TPSA) is 18.5 Å². The van der Waals surface area contributed by atoms with E-state index >= 15 is 0 Å². The summed E-state index contributed by atoms with van der Waals surface area (Å²) in [5, 5.41) is 3.21. The molecule has 96 valence electrons. The Morgan fingerprint density at radius 3 is 2.75 bits per heavy atom. The standard InChI is InChI=1S/C13H29N3/c1-14-9-5-4-6-10-16-11-7-8-13(16)12-15(2)3/h13-14H,4-12H2,1-3H3. The number of nitrogens with one attached hydrogen (secondary N) is 1. The maximum absolute atomic E-state index is 3.21. The molecule has 0 spiro atoms. The van der Waals surface area contributed by atoms with Gasteiger partial charge in [-0.1, -0.05) is 6.42 Å². The molecule has 0 bridgehead atoms. The van der Waals surface area contributed by atoms with Crippen LogP contribution in [0.3, 0.4) is 0 Å². The van der Waals surface area contributed by atoms with E-state index in [-0.39, 0.29) is 0 Å². The predicted octanol–water partition coefficient (Wildman–Crippen LogP) is 1.40. The van der Waals surface area contributed by atoms with Crippen molar-refractivity contribution in [2.75, 3.05) is 47.3 Å². The van der Waals surface area contributed by atoms with Crippen LogP contribution in [0.1, 0.15) is 32.1 Å². The van der Waals surface area contributed by atoms with Gasteiger partial charge in [-0.15, -0.1) is 0 Å². The van der Waals surface area contributed by atoms with E-state index in [4.69, 9.17) is 0 Å². The van der Waals surface area contributed by atoms with Gasteiger partial charge in [0.25, 0.3) is 0 Å². The Kier molecular flexibility index (Phi) is 7.01. The summed E-state index contributed by atoms with van der Waals surface area (Å²) in [5.74, 6) is 0. The van der Waals surface area contributed by atoms with Gasteiger partial charge in [0.15, 0.2) is 0 Å². The molecule has 1 unspecified atom stereocenters. The molecule has 1 rings (SSSR count). The zero-order chi connectivity index (χ0) is 11.8. The van der Waals surface area contributed by atoms with Gasteiger partial charge in [-0.25, -0.2) is 0 Å². The number of hydrogen-bond donors (Lipinski definition) is 1. The lowest BCUT2D eigenvalue weighted by molar-refractivity contribution is 0.204. The lowest BCUT2D eigenvalue weighted by atomic mass is 10.2. The van der Waals surface area contributed by atoms with Crippen LogP contribution in [-0.4, -0.2) is 63.2 Å². The summed E-state index contributed by atoms with van der Waals surface area (Å²) in [6, 6.07) is 0.819. The molecule has 0 aromatic rings. The predicted molar refractivity (Wildman–Crippen MR) is 70.9 cm³/mol. The van der Waals surface area contributed by atoms with Crippen molar-refractivity contribution in [3.8, 4) is 0 Å². The van der Waals surface area contributed by atoms with Crippen LogP contribution < -0.4 is 5.32 Å². The van der Waals surface area contributed by atoms with Gasteiger partial charge in [-0.3, -0.25) is 4.90 Å². The van der Waals surface area contributed by atoms with Gasteiger partial charge in [0.2, 0.25) is 0 Å². The van der Waals surface area contributed by atoms with E-state index in [1.165, 1.54) is 58.3 Å². The van der Waals surface area contributed by atoms with Gasteiger partial charge in [-0.05, 0) is 66.5 Å². The van der Waals surface area contributed by atoms with Gasteiger partial charge >= 0.3 is 0 Å². The third-order valence-corrected chi connectivity index (χ3v) is 3.45. The van der Waals surface area contributed by atoms with Crippen LogP contribution in [0, 0.1) is 0 Å². The summed E-state index contributed by atoms with van der Waals surface area (Å²) >= 11 is 0. The summed E-state index contributed by atoms with van der Waals surface area (Å²) in [6.07, 6.45) is 6.85. The van der Waals surface area contributed by atoms with Crippen molar-refractivity contribution in [3.63, 3.8) is 0 Å². The Bertz CT molecular complexity index is 171. The maximum atomic E-state index is 3.21. The maximum Gasteiger partial charge on any atom is 0.0223 e. The Hall–Kier alpha value is -0.120. The summed E-state index contributed by atoms with van der Waals surface area (Å²) in [6.45, 7) is 5.03.